The smallest absolute Gasteiger partial charge is 0.341 e. The first kappa shape index (κ1) is 19.2. The molecule has 1 unspecified atom stereocenters. The minimum atomic E-state index is -0.655. The molecule has 0 aromatic heterocycles. The van der Waals surface area contributed by atoms with Gasteiger partial charge in [0.15, 0.2) is 0 Å². The van der Waals surface area contributed by atoms with E-state index >= 15 is 0 Å². The highest BCUT2D eigenvalue weighted by molar-refractivity contribution is 5.90. The predicted molar refractivity (Wildman–Crippen MR) is 99.2 cm³/mol. The second-order valence-electron chi connectivity index (χ2n) is 9.39. The lowest BCUT2D eigenvalue weighted by Crippen LogP contribution is -2.46. The number of nitrogens with one attached hydrogen (secondary N) is 1. The van der Waals surface area contributed by atoms with Gasteiger partial charge in [-0.2, -0.15) is 0 Å². The van der Waals surface area contributed by atoms with Crippen LogP contribution in [-0.4, -0.2) is 30.8 Å². The van der Waals surface area contributed by atoms with Crippen molar-refractivity contribution in [2.45, 2.75) is 71.5 Å². The van der Waals surface area contributed by atoms with Crippen molar-refractivity contribution < 1.29 is 18.7 Å². The molecular weight excluding hydrogens is 333 g/mol. The first-order valence-corrected chi connectivity index (χ1v) is 9.48. The molecule has 1 heterocycles. The molecule has 1 saturated heterocycles. The summed E-state index contributed by atoms with van der Waals surface area (Å²) in [7, 11) is 0. The maximum Gasteiger partial charge on any atom is 0.341 e. The van der Waals surface area contributed by atoms with E-state index in [0.29, 0.717) is 11.7 Å². The second kappa shape index (κ2) is 6.84. The molecule has 1 aliphatic carbocycles. The molecule has 0 bridgehead atoms. The zero-order valence-electron chi connectivity index (χ0n) is 16.4. The number of hydrogen-bond donors (Lipinski definition) is 1. The number of rotatable bonds is 4. The summed E-state index contributed by atoms with van der Waals surface area (Å²) < 4.78 is 26.2. The number of esters is 1. The molecule has 0 amide bonds. The monoisotopic (exact) mass is 363 g/mol. The first-order chi connectivity index (χ1) is 12.0. The van der Waals surface area contributed by atoms with Crippen LogP contribution >= 0.6 is 0 Å². The number of carbonyl (C=O) groups is 1. The van der Waals surface area contributed by atoms with Crippen molar-refractivity contribution in [1.82, 2.24) is 5.32 Å². The second-order valence-corrected chi connectivity index (χ2v) is 9.39. The largest absolute Gasteiger partial charge is 0.489 e. The zero-order chi connectivity index (χ0) is 19.1. The van der Waals surface area contributed by atoms with Crippen LogP contribution in [0.4, 0.5) is 4.39 Å². The van der Waals surface area contributed by atoms with E-state index in [1.165, 1.54) is 6.07 Å². The van der Waals surface area contributed by atoms with Gasteiger partial charge in [0.1, 0.15) is 23.3 Å². The Balaban J connectivity index is 1.84. The van der Waals surface area contributed by atoms with Gasteiger partial charge in [-0.1, -0.05) is 13.8 Å². The Labute approximate surface area is 155 Å². The molecule has 1 aromatic carbocycles. The zero-order valence-corrected chi connectivity index (χ0v) is 16.4. The van der Waals surface area contributed by atoms with Crippen molar-refractivity contribution >= 4 is 5.97 Å². The van der Waals surface area contributed by atoms with Crippen molar-refractivity contribution in [1.29, 1.82) is 0 Å². The Hall–Kier alpha value is -1.62. The molecule has 1 N–H and O–H groups in total. The van der Waals surface area contributed by atoms with E-state index in [0.717, 1.165) is 37.9 Å². The van der Waals surface area contributed by atoms with Crippen molar-refractivity contribution in [3.05, 3.63) is 29.1 Å². The molecule has 1 aromatic rings. The van der Waals surface area contributed by atoms with Crippen molar-refractivity contribution in [2.24, 2.45) is 5.41 Å². The van der Waals surface area contributed by atoms with Crippen molar-refractivity contribution in [3.63, 3.8) is 0 Å². The molecule has 0 radical (unpaired) electrons. The van der Waals surface area contributed by atoms with Gasteiger partial charge in [0.05, 0.1) is 5.56 Å². The Bertz CT molecular complexity index is 689. The van der Waals surface area contributed by atoms with Crippen molar-refractivity contribution in [2.75, 3.05) is 13.1 Å². The molecule has 144 valence electrons. The predicted octanol–water partition coefficient (Wildman–Crippen LogP) is 4.43. The fourth-order valence-electron chi connectivity index (χ4n) is 3.47. The third-order valence-corrected chi connectivity index (χ3v) is 4.78. The van der Waals surface area contributed by atoms with Gasteiger partial charge in [0.2, 0.25) is 0 Å². The van der Waals surface area contributed by atoms with E-state index < -0.39 is 17.4 Å². The Morgan fingerprint density at radius 1 is 1.27 bits per heavy atom. The van der Waals surface area contributed by atoms with Crippen molar-refractivity contribution in [3.8, 4) is 5.75 Å². The van der Waals surface area contributed by atoms with Gasteiger partial charge < -0.3 is 14.8 Å². The first-order valence-electron chi connectivity index (χ1n) is 9.48. The molecule has 1 aliphatic heterocycles. The normalized spacial score (nSPS) is 22.8. The van der Waals surface area contributed by atoms with Crippen LogP contribution in [0.15, 0.2) is 12.1 Å². The standard InChI is InChI=1S/C21H30FNO3/c1-20(2,3)26-19(24)16-8-15(13-6-7-13)18(9-17(16)22)25-14-10-21(4,5)12-23-11-14/h8-9,13-14,23H,6-7,10-12H2,1-5H3. The van der Waals surface area contributed by atoms with E-state index in [2.05, 4.69) is 19.2 Å². The molecular formula is C21H30FNO3. The fraction of sp³-hybridized carbons (Fsp3) is 0.667. The van der Waals surface area contributed by atoms with Crippen LogP contribution < -0.4 is 10.1 Å². The van der Waals surface area contributed by atoms with E-state index in [1.54, 1.807) is 26.8 Å². The van der Waals surface area contributed by atoms with Crippen LogP contribution in [0.5, 0.6) is 5.75 Å². The van der Waals surface area contributed by atoms with E-state index in [4.69, 9.17) is 9.47 Å². The minimum absolute atomic E-state index is 0.00280. The summed E-state index contributed by atoms with van der Waals surface area (Å²) in [6, 6.07) is 3.01. The Morgan fingerprint density at radius 2 is 1.96 bits per heavy atom. The average Bonchev–Trinajstić information content (AvgIpc) is 3.29. The van der Waals surface area contributed by atoms with Gasteiger partial charge in [-0.15, -0.1) is 0 Å². The van der Waals surface area contributed by atoms with Gasteiger partial charge in [-0.3, -0.25) is 0 Å². The topological polar surface area (TPSA) is 47.6 Å². The maximum absolute atomic E-state index is 14.6. The molecule has 0 spiro atoms. The number of ether oxygens (including phenoxy) is 2. The molecule has 2 fully saturated rings. The average molecular weight is 363 g/mol. The lowest BCUT2D eigenvalue weighted by atomic mass is 9.84. The molecule has 26 heavy (non-hydrogen) atoms. The Kier molecular flexibility index (Phi) is 5.04. The van der Waals surface area contributed by atoms with Crippen LogP contribution in [0, 0.1) is 11.2 Å². The summed E-state index contributed by atoms with van der Waals surface area (Å²) in [4.78, 5) is 12.3. The summed E-state index contributed by atoms with van der Waals surface area (Å²) in [6.07, 6.45) is 3.01. The van der Waals surface area contributed by atoms with Crippen LogP contribution in [0.1, 0.15) is 75.7 Å². The summed E-state index contributed by atoms with van der Waals surface area (Å²) in [6.45, 7) is 11.4. The van der Waals surface area contributed by atoms with Crippen LogP contribution in [0.3, 0.4) is 0 Å². The number of benzene rings is 1. The minimum Gasteiger partial charge on any atom is -0.489 e. The molecule has 3 rings (SSSR count). The maximum atomic E-state index is 14.6. The fourth-order valence-corrected chi connectivity index (χ4v) is 3.47. The summed E-state index contributed by atoms with van der Waals surface area (Å²) in [5.74, 6) is -0.288. The lowest BCUT2D eigenvalue weighted by molar-refractivity contribution is 0.00645. The lowest BCUT2D eigenvalue weighted by Gasteiger charge is -2.36. The quantitative estimate of drug-likeness (QED) is 0.804. The summed E-state index contributed by atoms with van der Waals surface area (Å²) in [5, 5.41) is 3.39. The number of piperidine rings is 1. The van der Waals surface area contributed by atoms with Crippen LogP contribution in [-0.2, 0) is 4.74 Å². The number of halogens is 1. The number of carbonyl (C=O) groups excluding carboxylic acids is 1. The van der Waals surface area contributed by atoms with Gasteiger partial charge in [-0.05, 0) is 63.0 Å². The Morgan fingerprint density at radius 3 is 2.54 bits per heavy atom. The third-order valence-electron chi connectivity index (χ3n) is 4.78. The van der Waals surface area contributed by atoms with E-state index in [9.17, 15) is 9.18 Å². The van der Waals surface area contributed by atoms with Gasteiger partial charge in [-0.25, -0.2) is 9.18 Å². The van der Waals surface area contributed by atoms with Gasteiger partial charge in [0, 0.05) is 19.2 Å². The molecule has 1 atom stereocenters. The van der Waals surface area contributed by atoms with E-state index in [-0.39, 0.29) is 17.1 Å². The highest BCUT2D eigenvalue weighted by Crippen LogP contribution is 2.46. The molecule has 5 heteroatoms. The summed E-state index contributed by atoms with van der Waals surface area (Å²) >= 11 is 0. The molecule has 4 nitrogen and oxygen atoms in total. The highest BCUT2D eigenvalue weighted by Gasteiger charge is 2.33. The van der Waals surface area contributed by atoms with Crippen LogP contribution in [0.25, 0.3) is 0 Å². The highest BCUT2D eigenvalue weighted by atomic mass is 19.1. The van der Waals surface area contributed by atoms with Crippen LogP contribution in [0.2, 0.25) is 0 Å². The van der Waals surface area contributed by atoms with Gasteiger partial charge >= 0.3 is 5.97 Å². The van der Waals surface area contributed by atoms with Gasteiger partial charge in [0.25, 0.3) is 0 Å². The molecule has 2 aliphatic rings. The number of hydrogen-bond acceptors (Lipinski definition) is 4. The SMILES string of the molecule is CC1(C)CNCC(Oc2cc(F)c(C(=O)OC(C)(C)C)cc2C2CC2)C1. The summed E-state index contributed by atoms with van der Waals surface area (Å²) in [5.41, 5.74) is 0.419. The van der Waals surface area contributed by atoms with E-state index in [1.807, 2.05) is 0 Å². The molecule has 1 saturated carbocycles. The third kappa shape index (κ3) is 4.76.